The maximum Gasteiger partial charge on any atom is 0.272 e. The molecule has 2 N–H and O–H groups in total. The van der Waals surface area contributed by atoms with Gasteiger partial charge in [-0.25, -0.2) is 0 Å². The average Bonchev–Trinajstić information content (AvgIpc) is 2.61. The number of nitro groups is 1. The molecule has 88 valence electrons. The van der Waals surface area contributed by atoms with E-state index >= 15 is 0 Å². The van der Waals surface area contributed by atoms with Crippen LogP contribution in [0.5, 0.6) is 0 Å². The van der Waals surface area contributed by atoms with Crippen molar-refractivity contribution >= 4 is 34.3 Å². The zero-order chi connectivity index (χ0) is 12.4. The molecule has 2 aromatic rings. The highest BCUT2D eigenvalue weighted by molar-refractivity contribution is 7.15. The first-order valence-electron chi connectivity index (χ1n) is 4.83. The average molecular weight is 269 g/mol. The van der Waals surface area contributed by atoms with Crippen molar-refractivity contribution in [3.63, 3.8) is 0 Å². The quantitative estimate of drug-likeness (QED) is 0.684. The molecule has 0 aliphatic heterocycles. The van der Waals surface area contributed by atoms with Crippen LogP contribution >= 0.6 is 22.9 Å². The molecule has 0 amide bonds. The van der Waals surface area contributed by atoms with E-state index in [1.54, 1.807) is 18.2 Å². The maximum absolute atomic E-state index is 10.9. The predicted octanol–water partition coefficient (Wildman–Crippen LogP) is 3.48. The van der Waals surface area contributed by atoms with Crippen molar-refractivity contribution in [1.82, 2.24) is 0 Å². The molecule has 0 atom stereocenters. The van der Waals surface area contributed by atoms with Crippen LogP contribution in [0.4, 0.5) is 11.4 Å². The summed E-state index contributed by atoms with van der Waals surface area (Å²) < 4.78 is 0.526. The Morgan fingerprint density at radius 2 is 2.06 bits per heavy atom. The van der Waals surface area contributed by atoms with Gasteiger partial charge in [0.1, 0.15) is 4.34 Å². The number of para-hydroxylation sites is 1. The van der Waals surface area contributed by atoms with E-state index < -0.39 is 0 Å². The molecular weight excluding hydrogens is 260 g/mol. The molecule has 0 radical (unpaired) electrons. The first kappa shape index (κ1) is 11.9. The fourth-order valence-electron chi connectivity index (χ4n) is 1.56. The van der Waals surface area contributed by atoms with Gasteiger partial charge in [0.25, 0.3) is 5.69 Å². The third-order valence-electron chi connectivity index (χ3n) is 2.43. The highest BCUT2D eigenvalue weighted by Gasteiger charge is 2.15. The number of nitrogens with zero attached hydrogens (tertiary/aromatic N) is 1. The molecule has 17 heavy (non-hydrogen) atoms. The minimum absolute atomic E-state index is 0.106. The molecule has 2 rings (SSSR count). The van der Waals surface area contributed by atoms with Crippen LogP contribution in [0, 0.1) is 10.1 Å². The Morgan fingerprint density at radius 1 is 1.35 bits per heavy atom. The molecule has 0 spiro atoms. The highest BCUT2D eigenvalue weighted by Crippen LogP contribution is 2.33. The van der Waals surface area contributed by atoms with Gasteiger partial charge in [-0.15, -0.1) is 11.3 Å². The van der Waals surface area contributed by atoms with Crippen molar-refractivity contribution in [3.05, 3.63) is 55.2 Å². The van der Waals surface area contributed by atoms with E-state index in [2.05, 4.69) is 0 Å². The summed E-state index contributed by atoms with van der Waals surface area (Å²) in [5.41, 5.74) is 7.87. The predicted molar refractivity (Wildman–Crippen MR) is 69.6 cm³/mol. The summed E-state index contributed by atoms with van der Waals surface area (Å²) in [7, 11) is 0. The van der Waals surface area contributed by atoms with E-state index in [-0.39, 0.29) is 10.6 Å². The number of hydrogen-bond donors (Lipinski definition) is 1. The molecule has 1 aromatic heterocycles. The molecule has 6 heteroatoms. The number of halogens is 1. The summed E-state index contributed by atoms with van der Waals surface area (Å²) in [6.45, 7) is 0. The first-order chi connectivity index (χ1) is 8.09. The van der Waals surface area contributed by atoms with Gasteiger partial charge in [-0.2, -0.15) is 0 Å². The lowest BCUT2D eigenvalue weighted by molar-refractivity contribution is -0.385. The Morgan fingerprint density at radius 3 is 2.65 bits per heavy atom. The Kier molecular flexibility index (Phi) is 3.31. The van der Waals surface area contributed by atoms with Crippen LogP contribution < -0.4 is 5.73 Å². The van der Waals surface area contributed by atoms with E-state index in [4.69, 9.17) is 17.3 Å². The summed E-state index contributed by atoms with van der Waals surface area (Å²) in [6, 6.07) is 6.63. The van der Waals surface area contributed by atoms with Crippen molar-refractivity contribution in [1.29, 1.82) is 0 Å². The van der Waals surface area contributed by atoms with Gasteiger partial charge < -0.3 is 5.73 Å². The van der Waals surface area contributed by atoms with Crippen LogP contribution in [0.1, 0.15) is 11.1 Å². The fraction of sp³-hybridized carbons (Fsp3) is 0.0909. The Balaban J connectivity index is 2.36. The number of hydrogen-bond acceptors (Lipinski definition) is 4. The first-order valence-corrected chi connectivity index (χ1v) is 6.09. The number of rotatable bonds is 3. The minimum atomic E-state index is -0.389. The number of benzene rings is 1. The van der Waals surface area contributed by atoms with E-state index in [0.717, 1.165) is 5.56 Å². The van der Waals surface area contributed by atoms with Crippen molar-refractivity contribution in [2.45, 2.75) is 6.42 Å². The van der Waals surface area contributed by atoms with Crippen LogP contribution in [-0.4, -0.2) is 4.92 Å². The van der Waals surface area contributed by atoms with Gasteiger partial charge in [0.15, 0.2) is 0 Å². The fourth-order valence-corrected chi connectivity index (χ4v) is 2.53. The van der Waals surface area contributed by atoms with Gasteiger partial charge >= 0.3 is 0 Å². The van der Waals surface area contributed by atoms with Crippen LogP contribution in [0.25, 0.3) is 0 Å². The Hall–Kier alpha value is -1.59. The van der Waals surface area contributed by atoms with Gasteiger partial charge in [0, 0.05) is 18.1 Å². The topological polar surface area (TPSA) is 69.2 Å². The molecule has 0 fully saturated rings. The Labute approximate surface area is 107 Å². The van der Waals surface area contributed by atoms with Crippen LogP contribution in [0.2, 0.25) is 4.34 Å². The lowest BCUT2D eigenvalue weighted by Crippen LogP contribution is -1.97. The van der Waals surface area contributed by atoms with Crippen molar-refractivity contribution in [2.24, 2.45) is 0 Å². The summed E-state index contributed by atoms with van der Waals surface area (Å²) in [5, 5.41) is 12.7. The van der Waals surface area contributed by atoms with Crippen molar-refractivity contribution < 1.29 is 4.92 Å². The number of nitrogen functional groups attached to an aromatic ring is 1. The molecule has 0 bridgehead atoms. The standard InChI is InChI=1S/C11H9ClN2O2S/c12-11-10(13)8(6-17-11)5-7-3-1-2-4-9(7)14(15)16/h1-4,6H,5,13H2. The molecule has 0 saturated carbocycles. The molecule has 4 nitrogen and oxygen atoms in total. The maximum atomic E-state index is 10.9. The second-order valence-electron chi connectivity index (χ2n) is 3.51. The molecular formula is C11H9ClN2O2S. The second-order valence-corrected chi connectivity index (χ2v) is 4.99. The minimum Gasteiger partial charge on any atom is -0.397 e. The zero-order valence-electron chi connectivity index (χ0n) is 8.72. The van der Waals surface area contributed by atoms with Gasteiger partial charge in [0.05, 0.1) is 10.6 Å². The molecule has 0 unspecified atom stereocenters. The van der Waals surface area contributed by atoms with E-state index in [1.165, 1.54) is 17.4 Å². The summed E-state index contributed by atoms with van der Waals surface area (Å²) in [6.07, 6.45) is 0.423. The zero-order valence-corrected chi connectivity index (χ0v) is 10.3. The van der Waals surface area contributed by atoms with Crippen LogP contribution in [-0.2, 0) is 6.42 Å². The SMILES string of the molecule is Nc1c(Cc2ccccc2[N+](=O)[O-])csc1Cl. The molecule has 0 aliphatic carbocycles. The lowest BCUT2D eigenvalue weighted by Gasteiger charge is -2.02. The van der Waals surface area contributed by atoms with Gasteiger partial charge in [-0.05, 0) is 10.9 Å². The van der Waals surface area contributed by atoms with E-state index in [0.29, 0.717) is 22.0 Å². The smallest absolute Gasteiger partial charge is 0.272 e. The van der Waals surface area contributed by atoms with Gasteiger partial charge in [0.2, 0.25) is 0 Å². The van der Waals surface area contributed by atoms with E-state index in [1.807, 2.05) is 5.38 Å². The Bertz CT molecular complexity index is 568. The largest absolute Gasteiger partial charge is 0.397 e. The second kappa shape index (κ2) is 4.73. The monoisotopic (exact) mass is 268 g/mol. The number of nitro benzene ring substituents is 1. The van der Waals surface area contributed by atoms with Gasteiger partial charge in [-0.3, -0.25) is 10.1 Å². The number of anilines is 1. The molecule has 0 aliphatic rings. The van der Waals surface area contributed by atoms with Crippen LogP contribution in [0.15, 0.2) is 29.6 Å². The molecule has 1 heterocycles. The third kappa shape index (κ3) is 2.40. The molecule has 1 aromatic carbocycles. The van der Waals surface area contributed by atoms with E-state index in [9.17, 15) is 10.1 Å². The van der Waals surface area contributed by atoms with Gasteiger partial charge in [-0.1, -0.05) is 29.8 Å². The van der Waals surface area contributed by atoms with Crippen LogP contribution in [0.3, 0.4) is 0 Å². The lowest BCUT2D eigenvalue weighted by atomic mass is 10.1. The molecule has 0 saturated heterocycles. The third-order valence-corrected chi connectivity index (χ3v) is 3.73. The van der Waals surface area contributed by atoms with Crippen molar-refractivity contribution in [2.75, 3.05) is 5.73 Å². The number of thiophene rings is 1. The summed E-state index contributed by atoms with van der Waals surface area (Å²) >= 11 is 7.19. The summed E-state index contributed by atoms with van der Waals surface area (Å²) in [4.78, 5) is 10.5. The van der Waals surface area contributed by atoms with Crippen molar-refractivity contribution in [3.8, 4) is 0 Å². The highest BCUT2D eigenvalue weighted by atomic mass is 35.5. The summed E-state index contributed by atoms with van der Waals surface area (Å²) in [5.74, 6) is 0. The number of nitrogens with two attached hydrogens (primary N) is 1. The normalized spacial score (nSPS) is 10.4.